The summed E-state index contributed by atoms with van der Waals surface area (Å²) in [7, 11) is 0. The molecule has 2 heteroatoms. The highest BCUT2D eigenvalue weighted by atomic mass is 15.1. The Hall–Kier alpha value is -8.98. The van der Waals surface area contributed by atoms with Gasteiger partial charge in [-0.15, -0.1) is 0 Å². The number of rotatable bonds is 8. The fraction of sp³-hybridized carbons (Fsp3) is 0. The fourth-order valence-electron chi connectivity index (χ4n) is 10.7. The van der Waals surface area contributed by atoms with Crippen LogP contribution in [0.2, 0.25) is 0 Å². The molecule has 0 N–H and O–H groups in total. The quantitative estimate of drug-likeness (QED) is 0.111. The molecule has 2 nitrogen and oxygen atoms in total. The minimum absolute atomic E-state index is 1.10. The minimum Gasteiger partial charge on any atom is -0.310 e. The van der Waals surface area contributed by atoms with Crippen molar-refractivity contribution in [2.24, 2.45) is 0 Å². The summed E-state index contributed by atoms with van der Waals surface area (Å²) in [5.74, 6) is 0. The third-order valence-corrected chi connectivity index (χ3v) is 13.7. The first-order chi connectivity index (χ1) is 33.7. The summed E-state index contributed by atoms with van der Waals surface area (Å²) >= 11 is 0. The second-order valence-corrected chi connectivity index (χ2v) is 17.6. The predicted octanol–water partition coefficient (Wildman–Crippen LogP) is 18.9. The largest absolute Gasteiger partial charge is 0.310 e. The average Bonchev–Trinajstić information content (AvgIpc) is 3.41. The number of fused-ring (bicyclic) bond motifs is 9. The maximum Gasteiger partial charge on any atom is 0.0468 e. The van der Waals surface area contributed by atoms with Gasteiger partial charge in [-0.25, -0.2) is 0 Å². The van der Waals surface area contributed by atoms with Crippen LogP contribution in [-0.2, 0) is 0 Å². The van der Waals surface area contributed by atoms with Crippen molar-refractivity contribution in [3.63, 3.8) is 0 Å². The van der Waals surface area contributed by atoms with Gasteiger partial charge in [0.05, 0.1) is 0 Å². The van der Waals surface area contributed by atoms with E-state index < -0.39 is 0 Å². The lowest BCUT2D eigenvalue weighted by Gasteiger charge is -2.27. The van der Waals surface area contributed by atoms with Crippen molar-refractivity contribution in [3.05, 3.63) is 267 Å². The van der Waals surface area contributed by atoms with Gasteiger partial charge < -0.3 is 9.80 Å². The highest BCUT2D eigenvalue weighted by Gasteiger charge is 2.23. The first-order valence-electron chi connectivity index (χ1n) is 23.4. The van der Waals surface area contributed by atoms with Crippen molar-refractivity contribution in [2.75, 3.05) is 9.80 Å². The zero-order valence-electron chi connectivity index (χ0n) is 37.3. The van der Waals surface area contributed by atoms with Gasteiger partial charge in [0.2, 0.25) is 0 Å². The summed E-state index contributed by atoms with van der Waals surface area (Å²) in [6.07, 6.45) is 0. The molecule has 0 aromatic heterocycles. The number of nitrogens with zero attached hydrogens (tertiary/aromatic N) is 2. The number of benzene rings is 13. The average molecular weight is 865 g/mol. The topological polar surface area (TPSA) is 6.48 Å². The predicted molar refractivity (Wildman–Crippen MR) is 292 cm³/mol. The molecular weight excluding hydrogens is 821 g/mol. The van der Waals surface area contributed by atoms with Gasteiger partial charge in [-0.05, 0) is 160 Å². The molecule has 13 rings (SSSR count). The van der Waals surface area contributed by atoms with Crippen LogP contribution in [0.3, 0.4) is 0 Å². The molecule has 0 aliphatic rings. The maximum atomic E-state index is 2.36. The lowest BCUT2D eigenvalue weighted by Crippen LogP contribution is -2.09. The molecule has 0 aliphatic heterocycles. The summed E-state index contributed by atoms with van der Waals surface area (Å²) in [6.45, 7) is 0. The Morgan fingerprint density at radius 1 is 0.191 bits per heavy atom. The maximum absolute atomic E-state index is 2.36. The van der Waals surface area contributed by atoms with E-state index in [1.54, 1.807) is 0 Å². The molecule has 0 saturated heterocycles. The van der Waals surface area contributed by atoms with Gasteiger partial charge in [-0.2, -0.15) is 0 Å². The molecular formula is C66H44N2. The summed E-state index contributed by atoms with van der Waals surface area (Å²) in [6, 6.07) is 97.5. The number of hydrogen-bond donors (Lipinski definition) is 0. The van der Waals surface area contributed by atoms with E-state index in [-0.39, 0.29) is 0 Å². The van der Waals surface area contributed by atoms with Gasteiger partial charge in [0, 0.05) is 34.1 Å². The molecule has 0 atom stereocenters. The van der Waals surface area contributed by atoms with E-state index in [0.717, 1.165) is 34.1 Å². The van der Waals surface area contributed by atoms with Crippen molar-refractivity contribution in [1.29, 1.82) is 0 Å². The van der Waals surface area contributed by atoms with Crippen LogP contribution in [0, 0.1) is 0 Å². The monoisotopic (exact) mass is 864 g/mol. The van der Waals surface area contributed by atoms with Crippen LogP contribution in [-0.4, -0.2) is 0 Å². The smallest absolute Gasteiger partial charge is 0.0468 e. The van der Waals surface area contributed by atoms with Crippen LogP contribution >= 0.6 is 0 Å². The molecule has 68 heavy (non-hydrogen) atoms. The second kappa shape index (κ2) is 16.5. The van der Waals surface area contributed by atoms with E-state index in [1.165, 1.54) is 86.9 Å². The Morgan fingerprint density at radius 3 is 0.882 bits per heavy atom. The van der Waals surface area contributed by atoms with Gasteiger partial charge in [0.1, 0.15) is 0 Å². The first-order valence-corrected chi connectivity index (χ1v) is 23.4. The Balaban J connectivity index is 1.02. The molecule has 0 aliphatic carbocycles. The van der Waals surface area contributed by atoms with Gasteiger partial charge in [0.25, 0.3) is 0 Å². The molecule has 0 radical (unpaired) electrons. The van der Waals surface area contributed by atoms with Crippen LogP contribution in [0.4, 0.5) is 34.1 Å². The van der Waals surface area contributed by atoms with E-state index >= 15 is 0 Å². The summed E-state index contributed by atoms with van der Waals surface area (Å²) in [4.78, 5) is 4.72. The van der Waals surface area contributed by atoms with Gasteiger partial charge in [-0.1, -0.05) is 194 Å². The Morgan fingerprint density at radius 2 is 0.485 bits per heavy atom. The second-order valence-electron chi connectivity index (χ2n) is 17.6. The van der Waals surface area contributed by atoms with E-state index in [9.17, 15) is 0 Å². The van der Waals surface area contributed by atoms with Crippen molar-refractivity contribution >= 4 is 98.8 Å². The third kappa shape index (κ3) is 6.65. The highest BCUT2D eigenvalue weighted by molar-refractivity contribution is 6.36. The molecule has 0 amide bonds. The van der Waals surface area contributed by atoms with E-state index in [4.69, 9.17) is 0 Å². The minimum atomic E-state index is 1.10. The summed E-state index contributed by atoms with van der Waals surface area (Å²) in [5, 5.41) is 14.9. The van der Waals surface area contributed by atoms with Crippen LogP contribution in [0.25, 0.3) is 86.9 Å². The standard InChI is InChI=1S/C66H44N2/c1-3-21-51(22-4-1)67(55-41-31-45-17-7-9-19-49(45)43-55)53-37-33-47(34-38-53)63-61-29-15-16-30-62(61)64(66-60-28-14-12-26-58(60)57-25-11-13-27-59(57)65(63)66)48-35-39-54(40-36-48)68(52-23-5-2-6-24-52)56-42-32-46-18-8-10-20-50(46)44-56/h1-44H. The molecule has 13 aromatic rings. The third-order valence-electron chi connectivity index (χ3n) is 13.7. The van der Waals surface area contributed by atoms with Crippen molar-refractivity contribution < 1.29 is 0 Å². The molecule has 0 fully saturated rings. The Bertz CT molecular complexity index is 3750. The Kier molecular flexibility index (Phi) is 9.54. The zero-order valence-corrected chi connectivity index (χ0v) is 37.3. The lowest BCUT2D eigenvalue weighted by atomic mass is 9.81. The summed E-state index contributed by atoms with van der Waals surface area (Å²) < 4.78 is 0. The number of para-hydroxylation sites is 2. The van der Waals surface area contributed by atoms with Gasteiger partial charge >= 0.3 is 0 Å². The zero-order chi connectivity index (χ0) is 45.0. The van der Waals surface area contributed by atoms with Crippen molar-refractivity contribution in [3.8, 4) is 22.3 Å². The van der Waals surface area contributed by atoms with Crippen LogP contribution in [0.1, 0.15) is 0 Å². The van der Waals surface area contributed by atoms with Crippen molar-refractivity contribution in [2.45, 2.75) is 0 Å². The van der Waals surface area contributed by atoms with Gasteiger partial charge in [0.15, 0.2) is 0 Å². The summed E-state index contributed by atoms with van der Waals surface area (Å²) in [5.41, 5.74) is 11.5. The van der Waals surface area contributed by atoms with Crippen LogP contribution < -0.4 is 9.80 Å². The SMILES string of the molecule is c1ccc(N(c2ccc(-c3c4ccccc4c(-c4ccc(N(c5ccccc5)c5ccc6ccccc6c5)cc4)c4c5ccccc5c5ccccc5c34)cc2)c2ccc3ccccc3c2)cc1. The molecule has 0 spiro atoms. The molecule has 318 valence electrons. The Labute approximate surface area is 395 Å². The van der Waals surface area contributed by atoms with E-state index in [1.807, 2.05) is 0 Å². The lowest BCUT2D eigenvalue weighted by molar-refractivity contribution is 1.29. The number of hydrogen-bond acceptors (Lipinski definition) is 2. The number of anilines is 6. The molecule has 0 heterocycles. The highest BCUT2D eigenvalue weighted by Crippen LogP contribution is 2.50. The van der Waals surface area contributed by atoms with Crippen LogP contribution in [0.15, 0.2) is 267 Å². The molecule has 13 aromatic carbocycles. The van der Waals surface area contributed by atoms with Crippen molar-refractivity contribution in [1.82, 2.24) is 0 Å². The molecule has 0 saturated carbocycles. The van der Waals surface area contributed by atoms with Gasteiger partial charge in [-0.3, -0.25) is 0 Å². The normalized spacial score (nSPS) is 11.5. The van der Waals surface area contributed by atoms with E-state index in [0.29, 0.717) is 0 Å². The molecule has 0 bridgehead atoms. The van der Waals surface area contributed by atoms with E-state index in [2.05, 4.69) is 277 Å². The van der Waals surface area contributed by atoms with Crippen LogP contribution in [0.5, 0.6) is 0 Å². The first kappa shape index (κ1) is 39.4. The molecule has 0 unspecified atom stereocenters. The fourth-order valence-corrected chi connectivity index (χ4v) is 10.7.